The highest BCUT2D eigenvalue weighted by Gasteiger charge is 2.43. The van der Waals surface area contributed by atoms with E-state index in [1.54, 1.807) is 0 Å². The Morgan fingerprint density at radius 2 is 1.64 bits per heavy atom. The van der Waals surface area contributed by atoms with Crippen LogP contribution >= 0.6 is 0 Å². The van der Waals surface area contributed by atoms with Crippen molar-refractivity contribution in [3.05, 3.63) is 0 Å². The molecule has 0 bridgehead atoms. The molecule has 0 aromatic rings. The van der Waals surface area contributed by atoms with Gasteiger partial charge in [0.05, 0.1) is 17.5 Å². The number of hydrogen-bond acceptors (Lipinski definition) is 5. The third kappa shape index (κ3) is 4.73. The summed E-state index contributed by atoms with van der Waals surface area (Å²) < 4.78 is 24.5. The van der Waals surface area contributed by atoms with Crippen molar-refractivity contribution in [2.45, 2.75) is 75.1 Å². The number of rotatable bonds is 3. The van der Waals surface area contributed by atoms with E-state index in [2.05, 4.69) is 10.6 Å². The molecule has 3 rings (SSSR count). The Kier molecular flexibility index (Phi) is 5.99. The van der Waals surface area contributed by atoms with E-state index >= 15 is 0 Å². The molecule has 7 nitrogen and oxygen atoms in total. The van der Waals surface area contributed by atoms with Gasteiger partial charge in [-0.1, -0.05) is 32.1 Å². The maximum absolute atomic E-state index is 12.3. The summed E-state index contributed by atoms with van der Waals surface area (Å²) in [6, 6.07) is -0.356. The van der Waals surface area contributed by atoms with Gasteiger partial charge in [-0.3, -0.25) is 15.0 Å². The van der Waals surface area contributed by atoms with Crippen LogP contribution in [0.15, 0.2) is 0 Å². The lowest BCUT2D eigenvalue weighted by molar-refractivity contribution is -0.121. The van der Waals surface area contributed by atoms with Crippen molar-refractivity contribution >= 4 is 21.8 Å². The third-order valence-corrected chi connectivity index (χ3v) is 8.03. The molecule has 1 heterocycles. The summed E-state index contributed by atoms with van der Waals surface area (Å²) in [4.78, 5) is 26.2. The van der Waals surface area contributed by atoms with E-state index in [1.807, 2.05) is 4.90 Å². The van der Waals surface area contributed by atoms with Crippen LogP contribution in [0.3, 0.4) is 0 Å². The van der Waals surface area contributed by atoms with Gasteiger partial charge in [0.1, 0.15) is 0 Å². The van der Waals surface area contributed by atoms with Crippen LogP contribution in [0.5, 0.6) is 0 Å². The number of amides is 3. The minimum absolute atomic E-state index is 0.0837. The minimum atomic E-state index is -3.05. The summed E-state index contributed by atoms with van der Waals surface area (Å²) in [5.41, 5.74) is 0. The highest BCUT2D eigenvalue weighted by Crippen LogP contribution is 2.31. The predicted octanol–water partition coefficient (Wildman–Crippen LogP) is 1.19. The van der Waals surface area contributed by atoms with Gasteiger partial charge in [0.2, 0.25) is 5.91 Å². The summed E-state index contributed by atoms with van der Waals surface area (Å²) in [6.45, 7) is 0.468. The first-order chi connectivity index (χ1) is 12.0. The first-order valence-corrected chi connectivity index (χ1v) is 11.2. The quantitative estimate of drug-likeness (QED) is 0.777. The highest BCUT2D eigenvalue weighted by atomic mass is 32.2. The number of urea groups is 1. The van der Waals surface area contributed by atoms with Gasteiger partial charge in [0, 0.05) is 18.6 Å². The summed E-state index contributed by atoms with van der Waals surface area (Å²) in [5.74, 6) is -0.243. The molecule has 0 aromatic heterocycles. The van der Waals surface area contributed by atoms with Crippen LogP contribution in [0, 0.1) is 0 Å². The van der Waals surface area contributed by atoms with Gasteiger partial charge in [-0.15, -0.1) is 0 Å². The molecule has 2 N–H and O–H groups in total. The molecular formula is C17H29N3O4S. The number of imide groups is 1. The Morgan fingerprint density at radius 3 is 2.40 bits per heavy atom. The minimum Gasteiger partial charge on any atom is -0.335 e. The molecule has 8 heteroatoms. The Hall–Kier alpha value is -1.15. The van der Waals surface area contributed by atoms with E-state index in [-0.39, 0.29) is 35.5 Å². The predicted molar refractivity (Wildman–Crippen MR) is 95.0 cm³/mol. The zero-order chi connectivity index (χ0) is 17.9. The summed E-state index contributed by atoms with van der Waals surface area (Å²) in [5, 5.41) is 4.93. The maximum atomic E-state index is 12.3. The first-order valence-electron chi connectivity index (χ1n) is 9.52. The van der Waals surface area contributed by atoms with Crippen molar-refractivity contribution in [3.63, 3.8) is 0 Å². The Morgan fingerprint density at radius 1 is 0.960 bits per heavy atom. The molecule has 142 valence electrons. The topological polar surface area (TPSA) is 95.6 Å². The summed E-state index contributed by atoms with van der Waals surface area (Å²) >= 11 is 0. The highest BCUT2D eigenvalue weighted by molar-refractivity contribution is 7.92. The average Bonchev–Trinajstić information content (AvgIpc) is 2.58. The summed E-state index contributed by atoms with van der Waals surface area (Å²) in [7, 11) is -3.05. The van der Waals surface area contributed by atoms with E-state index in [0.717, 1.165) is 44.9 Å². The van der Waals surface area contributed by atoms with E-state index in [9.17, 15) is 18.0 Å². The standard InChI is InChI=1S/C17H29N3O4S/c21-16(19-17(22)18-13-6-2-1-3-7-13)12-20-10-11-25(23,24)15-9-5-4-8-14(15)20/h13-15H,1-12H2,(H2,18,19,21,22). The van der Waals surface area contributed by atoms with Crippen LogP contribution in [0.2, 0.25) is 0 Å². The molecule has 0 aromatic carbocycles. The average molecular weight is 372 g/mol. The second-order valence-electron chi connectivity index (χ2n) is 7.58. The lowest BCUT2D eigenvalue weighted by atomic mass is 9.93. The van der Waals surface area contributed by atoms with Gasteiger partial charge in [0.15, 0.2) is 9.84 Å². The van der Waals surface area contributed by atoms with Gasteiger partial charge in [0.25, 0.3) is 0 Å². The van der Waals surface area contributed by atoms with E-state index in [0.29, 0.717) is 13.0 Å². The van der Waals surface area contributed by atoms with Crippen LogP contribution < -0.4 is 10.6 Å². The molecule has 0 radical (unpaired) electrons. The molecule has 2 saturated carbocycles. The van der Waals surface area contributed by atoms with Gasteiger partial charge in [-0.05, 0) is 25.7 Å². The fraction of sp³-hybridized carbons (Fsp3) is 0.882. The van der Waals surface area contributed by atoms with Crippen LogP contribution in [-0.4, -0.2) is 61.4 Å². The number of carbonyl (C=O) groups is 2. The van der Waals surface area contributed by atoms with E-state index in [4.69, 9.17) is 0 Å². The van der Waals surface area contributed by atoms with Crippen molar-refractivity contribution < 1.29 is 18.0 Å². The van der Waals surface area contributed by atoms with Crippen LogP contribution in [-0.2, 0) is 14.6 Å². The number of fused-ring (bicyclic) bond motifs is 1. The third-order valence-electron chi connectivity index (χ3n) is 5.80. The van der Waals surface area contributed by atoms with Crippen molar-refractivity contribution in [1.29, 1.82) is 0 Å². The largest absolute Gasteiger partial charge is 0.335 e. The van der Waals surface area contributed by atoms with Gasteiger partial charge >= 0.3 is 6.03 Å². The van der Waals surface area contributed by atoms with Gasteiger partial charge < -0.3 is 5.32 Å². The number of carbonyl (C=O) groups excluding carboxylic acids is 2. The van der Waals surface area contributed by atoms with Gasteiger partial charge in [-0.2, -0.15) is 0 Å². The van der Waals surface area contributed by atoms with Crippen molar-refractivity contribution in [3.8, 4) is 0 Å². The molecular weight excluding hydrogens is 342 g/mol. The molecule has 1 aliphatic heterocycles. The van der Waals surface area contributed by atoms with E-state index < -0.39 is 15.9 Å². The SMILES string of the molecule is O=C(CN1CCS(=O)(=O)C2CCCCC21)NC(=O)NC1CCCCC1. The van der Waals surface area contributed by atoms with Gasteiger partial charge in [-0.25, -0.2) is 13.2 Å². The second-order valence-corrected chi connectivity index (χ2v) is 9.92. The van der Waals surface area contributed by atoms with Crippen molar-refractivity contribution in [1.82, 2.24) is 15.5 Å². The first kappa shape index (κ1) is 18.6. The zero-order valence-corrected chi connectivity index (χ0v) is 15.5. The molecule has 3 aliphatic rings. The zero-order valence-electron chi connectivity index (χ0n) is 14.7. The molecule has 2 aliphatic carbocycles. The van der Waals surface area contributed by atoms with Crippen molar-refractivity contribution in [2.24, 2.45) is 0 Å². The van der Waals surface area contributed by atoms with Crippen LogP contribution in [0.1, 0.15) is 57.8 Å². The summed E-state index contributed by atoms with van der Waals surface area (Å²) in [6.07, 6.45) is 8.80. The molecule has 25 heavy (non-hydrogen) atoms. The fourth-order valence-electron chi connectivity index (χ4n) is 4.49. The molecule has 0 spiro atoms. The number of hydrogen-bond donors (Lipinski definition) is 2. The van der Waals surface area contributed by atoms with Crippen LogP contribution in [0.25, 0.3) is 0 Å². The lowest BCUT2D eigenvalue weighted by Crippen LogP contribution is -2.58. The number of sulfone groups is 1. The maximum Gasteiger partial charge on any atom is 0.321 e. The normalized spacial score (nSPS) is 30.2. The fourth-order valence-corrected chi connectivity index (χ4v) is 6.60. The Bertz CT molecular complexity index is 601. The molecule has 1 saturated heterocycles. The smallest absolute Gasteiger partial charge is 0.321 e. The van der Waals surface area contributed by atoms with Crippen molar-refractivity contribution in [2.75, 3.05) is 18.8 Å². The molecule has 3 fully saturated rings. The van der Waals surface area contributed by atoms with E-state index in [1.165, 1.54) is 6.42 Å². The Balaban J connectivity index is 1.51. The monoisotopic (exact) mass is 371 g/mol. The molecule has 3 amide bonds. The molecule has 2 atom stereocenters. The van der Waals surface area contributed by atoms with Crippen LogP contribution in [0.4, 0.5) is 4.79 Å². The second kappa shape index (κ2) is 8.03. The Labute approximate surface area is 149 Å². The lowest BCUT2D eigenvalue weighted by Gasteiger charge is -2.43. The number of nitrogens with one attached hydrogen (secondary N) is 2. The molecule has 2 unspecified atom stereocenters. The number of nitrogens with zero attached hydrogens (tertiary/aromatic N) is 1.